The van der Waals surface area contributed by atoms with Gasteiger partial charge in [0.2, 0.25) is 0 Å². The highest BCUT2D eigenvalue weighted by Gasteiger charge is 2.33. The van der Waals surface area contributed by atoms with Crippen molar-refractivity contribution < 1.29 is 18.6 Å². The molecule has 34 heavy (non-hydrogen) atoms. The van der Waals surface area contributed by atoms with Crippen LogP contribution in [0.5, 0.6) is 11.5 Å². The maximum atomic E-state index is 13.3. The van der Waals surface area contributed by atoms with Gasteiger partial charge in [0.15, 0.2) is 11.5 Å². The van der Waals surface area contributed by atoms with Crippen molar-refractivity contribution >= 4 is 22.4 Å². The lowest BCUT2D eigenvalue weighted by Crippen LogP contribution is -2.51. The highest BCUT2D eigenvalue weighted by atomic mass is 19.1. The highest BCUT2D eigenvalue weighted by Crippen LogP contribution is 2.35. The summed E-state index contributed by atoms with van der Waals surface area (Å²) in [7, 11) is 1.63. The second kappa shape index (κ2) is 10.5. The summed E-state index contributed by atoms with van der Waals surface area (Å²) >= 11 is 0. The van der Waals surface area contributed by atoms with Gasteiger partial charge in [0.05, 0.1) is 25.3 Å². The Balaban J connectivity index is 1.27. The van der Waals surface area contributed by atoms with Crippen LogP contribution in [-0.2, 0) is 4.74 Å². The van der Waals surface area contributed by atoms with E-state index in [0.717, 1.165) is 49.1 Å². The maximum Gasteiger partial charge on any atom is 0.162 e. The summed E-state index contributed by atoms with van der Waals surface area (Å²) in [5.41, 5.74) is 1.48. The number of benzene rings is 2. The number of piperidine rings is 1. The van der Waals surface area contributed by atoms with Crippen LogP contribution in [0.1, 0.15) is 32.1 Å². The van der Waals surface area contributed by atoms with E-state index in [0.29, 0.717) is 36.1 Å². The van der Waals surface area contributed by atoms with Crippen LogP contribution >= 0.6 is 0 Å². The molecule has 0 aliphatic carbocycles. The minimum absolute atomic E-state index is 0.283. The molecule has 8 heteroatoms. The Hall–Kier alpha value is -2.97. The minimum atomic E-state index is -0.283. The van der Waals surface area contributed by atoms with Crippen LogP contribution < -0.4 is 14.8 Å². The molecule has 3 aromatic rings. The molecule has 2 saturated heterocycles. The molecular weight excluding hydrogens is 435 g/mol. The fourth-order valence-electron chi connectivity index (χ4n) is 5.01. The number of nitrogens with zero attached hydrogens (tertiary/aromatic N) is 3. The first kappa shape index (κ1) is 22.8. The zero-order chi connectivity index (χ0) is 23.3. The van der Waals surface area contributed by atoms with E-state index in [9.17, 15) is 4.39 Å². The monoisotopic (exact) mass is 466 g/mol. The molecule has 0 radical (unpaired) electrons. The number of hydrogen-bond donors (Lipinski definition) is 1. The fraction of sp³-hybridized carbons (Fsp3) is 0.462. The molecule has 5 rings (SSSR count). The van der Waals surface area contributed by atoms with Crippen molar-refractivity contribution in [3.8, 4) is 11.5 Å². The number of likely N-dealkylation sites (tertiary alicyclic amines) is 1. The Morgan fingerprint density at radius 3 is 2.85 bits per heavy atom. The Kier molecular flexibility index (Phi) is 7.06. The molecule has 0 spiro atoms. The van der Waals surface area contributed by atoms with Gasteiger partial charge in [-0.2, -0.15) is 0 Å². The normalized spacial score (nSPS) is 20.6. The van der Waals surface area contributed by atoms with E-state index >= 15 is 0 Å². The fourth-order valence-corrected chi connectivity index (χ4v) is 5.01. The third kappa shape index (κ3) is 5.08. The van der Waals surface area contributed by atoms with Gasteiger partial charge in [-0.05, 0) is 69.0 Å². The van der Waals surface area contributed by atoms with Crippen LogP contribution in [0.4, 0.5) is 15.9 Å². The summed E-state index contributed by atoms with van der Waals surface area (Å²) in [6.45, 7) is 3.63. The lowest BCUT2D eigenvalue weighted by atomic mass is 9.92. The summed E-state index contributed by atoms with van der Waals surface area (Å²) in [6.07, 6.45) is 7.58. The Morgan fingerprint density at radius 2 is 2.00 bits per heavy atom. The van der Waals surface area contributed by atoms with E-state index in [1.807, 2.05) is 12.1 Å². The van der Waals surface area contributed by atoms with Crippen LogP contribution in [0.25, 0.3) is 10.9 Å². The van der Waals surface area contributed by atoms with Gasteiger partial charge in [-0.15, -0.1) is 0 Å². The van der Waals surface area contributed by atoms with E-state index in [-0.39, 0.29) is 5.82 Å². The van der Waals surface area contributed by atoms with Gasteiger partial charge in [-0.3, -0.25) is 4.90 Å². The Labute approximate surface area is 199 Å². The first-order valence-electron chi connectivity index (χ1n) is 12.0. The third-order valence-electron chi connectivity index (χ3n) is 6.68. The molecule has 2 atom stereocenters. The molecule has 2 aliphatic rings. The number of nitrogens with one attached hydrogen (secondary N) is 1. The second-order valence-electron chi connectivity index (χ2n) is 8.87. The number of anilines is 2. The number of hydrogen-bond acceptors (Lipinski definition) is 7. The number of halogens is 1. The SMILES string of the molecule is COc1cc2ncnc(Nc3ccc(F)cc3)c2cc1OCCCN1CCCC2OCCCC21. The average Bonchev–Trinajstić information content (AvgIpc) is 2.88. The van der Waals surface area contributed by atoms with Crippen molar-refractivity contribution in [2.75, 3.05) is 38.7 Å². The lowest BCUT2D eigenvalue weighted by Gasteiger charge is -2.43. The van der Waals surface area contributed by atoms with Gasteiger partial charge < -0.3 is 19.5 Å². The number of rotatable bonds is 8. The summed E-state index contributed by atoms with van der Waals surface area (Å²) in [5.74, 6) is 1.64. The first-order chi connectivity index (χ1) is 16.7. The van der Waals surface area contributed by atoms with Crippen molar-refractivity contribution in [1.82, 2.24) is 14.9 Å². The number of ether oxygens (including phenoxy) is 3. The summed E-state index contributed by atoms with van der Waals surface area (Å²) in [5, 5.41) is 4.05. The molecule has 0 bridgehead atoms. The maximum absolute atomic E-state index is 13.3. The summed E-state index contributed by atoms with van der Waals surface area (Å²) < 4.78 is 31.0. The van der Waals surface area contributed by atoms with Crippen LogP contribution in [-0.4, -0.2) is 60.4 Å². The molecule has 3 heterocycles. The van der Waals surface area contributed by atoms with Gasteiger partial charge in [0.25, 0.3) is 0 Å². The Bertz CT molecular complexity index is 1110. The van der Waals surface area contributed by atoms with Crippen molar-refractivity contribution in [3.05, 3.63) is 48.5 Å². The lowest BCUT2D eigenvalue weighted by molar-refractivity contribution is -0.0757. The smallest absolute Gasteiger partial charge is 0.162 e. The predicted octanol–water partition coefficient (Wildman–Crippen LogP) is 4.93. The summed E-state index contributed by atoms with van der Waals surface area (Å²) in [4.78, 5) is 11.3. The van der Waals surface area contributed by atoms with Gasteiger partial charge in [0, 0.05) is 36.3 Å². The molecule has 1 N–H and O–H groups in total. The van der Waals surface area contributed by atoms with Gasteiger partial charge in [-0.1, -0.05) is 0 Å². The van der Waals surface area contributed by atoms with E-state index < -0.39 is 0 Å². The molecule has 0 saturated carbocycles. The minimum Gasteiger partial charge on any atom is -0.493 e. The first-order valence-corrected chi connectivity index (χ1v) is 12.0. The van der Waals surface area contributed by atoms with Gasteiger partial charge >= 0.3 is 0 Å². The molecule has 1 aromatic heterocycles. The molecule has 2 fully saturated rings. The van der Waals surface area contributed by atoms with Crippen LogP contribution in [0.3, 0.4) is 0 Å². The highest BCUT2D eigenvalue weighted by molar-refractivity contribution is 5.93. The predicted molar refractivity (Wildman–Crippen MR) is 129 cm³/mol. The van der Waals surface area contributed by atoms with Crippen LogP contribution in [0, 0.1) is 5.82 Å². The van der Waals surface area contributed by atoms with E-state index in [2.05, 4.69) is 20.2 Å². The molecule has 180 valence electrons. The molecule has 2 aromatic carbocycles. The van der Waals surface area contributed by atoms with Crippen molar-refractivity contribution in [2.45, 2.75) is 44.2 Å². The van der Waals surface area contributed by atoms with E-state index in [4.69, 9.17) is 14.2 Å². The molecule has 0 amide bonds. The Morgan fingerprint density at radius 1 is 1.12 bits per heavy atom. The molecule has 2 unspecified atom stereocenters. The van der Waals surface area contributed by atoms with Crippen LogP contribution in [0.15, 0.2) is 42.7 Å². The van der Waals surface area contributed by atoms with Crippen molar-refractivity contribution in [1.29, 1.82) is 0 Å². The largest absolute Gasteiger partial charge is 0.493 e. The zero-order valence-electron chi connectivity index (χ0n) is 19.5. The van der Waals surface area contributed by atoms with Crippen LogP contribution in [0.2, 0.25) is 0 Å². The average molecular weight is 467 g/mol. The molecule has 7 nitrogen and oxygen atoms in total. The zero-order valence-corrected chi connectivity index (χ0v) is 19.5. The number of aromatic nitrogens is 2. The van der Waals surface area contributed by atoms with Gasteiger partial charge in [-0.25, -0.2) is 14.4 Å². The quantitative estimate of drug-likeness (QED) is 0.472. The molecular formula is C26H31FN4O3. The number of methoxy groups -OCH3 is 1. The summed E-state index contributed by atoms with van der Waals surface area (Å²) in [6, 6.07) is 10.5. The van der Waals surface area contributed by atoms with E-state index in [1.54, 1.807) is 19.2 Å². The van der Waals surface area contributed by atoms with Crippen molar-refractivity contribution in [2.24, 2.45) is 0 Å². The number of fused-ring (bicyclic) bond motifs is 2. The second-order valence-corrected chi connectivity index (χ2v) is 8.87. The topological polar surface area (TPSA) is 68.7 Å². The van der Waals surface area contributed by atoms with E-state index in [1.165, 1.54) is 37.7 Å². The van der Waals surface area contributed by atoms with Crippen molar-refractivity contribution in [3.63, 3.8) is 0 Å². The standard InChI is InChI=1S/C26H31FN4O3/c1-32-24-16-21-20(26(29-17-28-21)30-19-9-7-18(27)8-10-19)15-25(24)34-14-4-12-31-11-2-6-23-22(31)5-3-13-33-23/h7-10,15-17,22-23H,2-6,11-14H2,1H3,(H,28,29,30). The third-order valence-corrected chi connectivity index (χ3v) is 6.68. The molecule has 2 aliphatic heterocycles. The van der Waals surface area contributed by atoms with Gasteiger partial charge in [0.1, 0.15) is 18.0 Å².